The Balaban J connectivity index is 1.77. The zero-order valence-electron chi connectivity index (χ0n) is 15.0. The average Bonchev–Trinajstić information content (AvgIpc) is 2.65. The van der Waals surface area contributed by atoms with Crippen molar-refractivity contribution in [3.8, 4) is 0 Å². The Labute approximate surface area is 192 Å². The summed E-state index contributed by atoms with van der Waals surface area (Å²) in [5.74, 6) is -0.270. The van der Waals surface area contributed by atoms with Crippen LogP contribution in [0.4, 0.5) is 11.4 Å². The third-order valence-electron chi connectivity index (χ3n) is 3.99. The summed E-state index contributed by atoms with van der Waals surface area (Å²) in [6.07, 6.45) is 0. The highest BCUT2D eigenvalue weighted by molar-refractivity contribution is 14.1. The van der Waals surface area contributed by atoms with Gasteiger partial charge in [-0.25, -0.2) is 8.42 Å². The lowest BCUT2D eigenvalue weighted by Gasteiger charge is -2.11. The summed E-state index contributed by atoms with van der Waals surface area (Å²) in [5, 5.41) is 3.13. The van der Waals surface area contributed by atoms with Crippen LogP contribution < -0.4 is 10.0 Å². The van der Waals surface area contributed by atoms with Crippen LogP contribution in [0.25, 0.3) is 0 Å². The third kappa shape index (κ3) is 5.22. The monoisotopic (exact) mass is 560 g/mol. The second kappa shape index (κ2) is 8.91. The van der Waals surface area contributed by atoms with Gasteiger partial charge in [-0.3, -0.25) is 9.52 Å². The summed E-state index contributed by atoms with van der Waals surface area (Å²) in [4.78, 5) is 12.5. The van der Waals surface area contributed by atoms with Crippen LogP contribution in [0.3, 0.4) is 0 Å². The van der Waals surface area contributed by atoms with Crippen molar-refractivity contribution in [1.29, 1.82) is 0 Å². The SMILES string of the molecule is Cc1ccc(C(=O)Nc2ccc(S(=O)(=O)Nc3cccc(Cl)c3Cl)cc2)c(I)c1. The van der Waals surface area contributed by atoms with Gasteiger partial charge in [0.1, 0.15) is 0 Å². The summed E-state index contributed by atoms with van der Waals surface area (Å²) >= 11 is 14.1. The van der Waals surface area contributed by atoms with Crippen molar-refractivity contribution in [1.82, 2.24) is 0 Å². The van der Waals surface area contributed by atoms with E-state index in [0.717, 1.165) is 9.13 Å². The van der Waals surface area contributed by atoms with Gasteiger partial charge in [0.2, 0.25) is 0 Å². The number of rotatable bonds is 5. The lowest BCUT2D eigenvalue weighted by Crippen LogP contribution is -2.15. The van der Waals surface area contributed by atoms with Crippen molar-refractivity contribution in [2.75, 3.05) is 10.0 Å². The number of anilines is 2. The Morgan fingerprint density at radius 3 is 2.34 bits per heavy atom. The molecule has 0 spiro atoms. The Hall–Kier alpha value is -1.81. The first kappa shape index (κ1) is 21.9. The highest BCUT2D eigenvalue weighted by atomic mass is 127. The van der Waals surface area contributed by atoms with E-state index in [1.54, 1.807) is 18.2 Å². The second-order valence-corrected chi connectivity index (χ2v) is 9.80. The number of hydrogen-bond acceptors (Lipinski definition) is 3. The highest BCUT2D eigenvalue weighted by Gasteiger charge is 2.17. The molecule has 0 radical (unpaired) electrons. The maximum absolute atomic E-state index is 12.6. The first-order valence-corrected chi connectivity index (χ1v) is 11.6. The molecule has 0 heterocycles. The van der Waals surface area contributed by atoms with Crippen molar-refractivity contribution >= 4 is 73.1 Å². The summed E-state index contributed by atoms with van der Waals surface area (Å²) in [7, 11) is -3.87. The van der Waals surface area contributed by atoms with Crippen LogP contribution in [0.1, 0.15) is 15.9 Å². The van der Waals surface area contributed by atoms with Gasteiger partial charge in [-0.05, 0) is 78.0 Å². The Bertz CT molecular complexity index is 1180. The second-order valence-electron chi connectivity index (χ2n) is 6.17. The molecule has 0 aliphatic carbocycles. The first-order valence-electron chi connectivity index (χ1n) is 8.32. The minimum Gasteiger partial charge on any atom is -0.322 e. The van der Waals surface area contributed by atoms with E-state index in [9.17, 15) is 13.2 Å². The van der Waals surface area contributed by atoms with Crippen LogP contribution in [0, 0.1) is 10.5 Å². The minimum atomic E-state index is -3.87. The van der Waals surface area contributed by atoms with Crippen LogP contribution in [0.15, 0.2) is 65.6 Å². The quantitative estimate of drug-likeness (QED) is 0.378. The number of hydrogen-bond donors (Lipinski definition) is 2. The maximum Gasteiger partial charge on any atom is 0.261 e. The molecular weight excluding hydrogens is 546 g/mol. The van der Waals surface area contributed by atoms with Crippen molar-refractivity contribution in [3.63, 3.8) is 0 Å². The van der Waals surface area contributed by atoms with Gasteiger partial charge in [-0.1, -0.05) is 40.9 Å². The standard InChI is InChI=1S/C20H15Cl2IN2O3S/c1-12-5-10-15(17(23)11-12)20(26)24-13-6-8-14(9-7-13)29(27,28)25-18-4-2-3-16(21)19(18)22/h2-11,25H,1H3,(H,24,26). The molecule has 0 fully saturated rings. The average molecular weight is 561 g/mol. The fraction of sp³-hybridized carbons (Fsp3) is 0.0500. The van der Waals surface area contributed by atoms with Crippen LogP contribution in [0.2, 0.25) is 10.0 Å². The number of benzene rings is 3. The van der Waals surface area contributed by atoms with E-state index < -0.39 is 10.0 Å². The molecule has 29 heavy (non-hydrogen) atoms. The molecule has 0 aromatic heterocycles. The van der Waals surface area contributed by atoms with Gasteiger partial charge < -0.3 is 5.32 Å². The van der Waals surface area contributed by atoms with Crippen LogP contribution >= 0.6 is 45.8 Å². The molecular formula is C20H15Cl2IN2O3S. The van der Waals surface area contributed by atoms with Crippen molar-refractivity contribution in [2.24, 2.45) is 0 Å². The third-order valence-corrected chi connectivity index (χ3v) is 7.08. The molecule has 5 nitrogen and oxygen atoms in total. The Morgan fingerprint density at radius 1 is 1.00 bits per heavy atom. The summed E-state index contributed by atoms with van der Waals surface area (Å²) in [6, 6.07) is 16.0. The minimum absolute atomic E-state index is 0.0245. The number of sulfonamides is 1. The van der Waals surface area contributed by atoms with E-state index in [1.165, 1.54) is 30.3 Å². The molecule has 1 amide bonds. The number of amides is 1. The van der Waals surface area contributed by atoms with Crippen molar-refractivity contribution in [3.05, 3.63) is 85.4 Å². The van der Waals surface area contributed by atoms with Gasteiger partial charge >= 0.3 is 0 Å². The summed E-state index contributed by atoms with van der Waals surface area (Å²) in [6.45, 7) is 1.95. The van der Waals surface area contributed by atoms with Gasteiger partial charge in [-0.15, -0.1) is 0 Å². The van der Waals surface area contributed by atoms with Gasteiger partial charge in [0.05, 0.1) is 26.2 Å². The molecule has 3 aromatic rings. The molecule has 0 saturated heterocycles. The molecule has 150 valence electrons. The van der Waals surface area contributed by atoms with Gasteiger partial charge in [-0.2, -0.15) is 0 Å². The molecule has 0 saturated carbocycles. The zero-order valence-corrected chi connectivity index (χ0v) is 19.5. The number of carbonyl (C=O) groups excluding carboxylic acids is 1. The van der Waals surface area contributed by atoms with E-state index in [1.807, 2.05) is 19.1 Å². The molecule has 2 N–H and O–H groups in total. The fourth-order valence-corrected chi connectivity index (χ4v) is 4.90. The van der Waals surface area contributed by atoms with Crippen LogP contribution in [0.5, 0.6) is 0 Å². The van der Waals surface area contributed by atoms with Crippen LogP contribution in [-0.4, -0.2) is 14.3 Å². The fourth-order valence-electron chi connectivity index (χ4n) is 2.51. The smallest absolute Gasteiger partial charge is 0.261 e. The molecule has 0 unspecified atom stereocenters. The first-order chi connectivity index (χ1) is 13.7. The molecule has 0 aliphatic rings. The highest BCUT2D eigenvalue weighted by Crippen LogP contribution is 2.31. The summed E-state index contributed by atoms with van der Waals surface area (Å²) in [5.41, 5.74) is 2.27. The van der Waals surface area contributed by atoms with E-state index in [2.05, 4.69) is 32.6 Å². The number of halogens is 3. The molecule has 3 aromatic carbocycles. The summed E-state index contributed by atoms with van der Waals surface area (Å²) < 4.78 is 28.4. The normalized spacial score (nSPS) is 11.2. The largest absolute Gasteiger partial charge is 0.322 e. The lowest BCUT2D eigenvalue weighted by atomic mass is 10.1. The van der Waals surface area contributed by atoms with Gasteiger partial charge in [0.25, 0.3) is 15.9 Å². The maximum atomic E-state index is 12.6. The van der Waals surface area contributed by atoms with Crippen molar-refractivity contribution < 1.29 is 13.2 Å². The number of carbonyl (C=O) groups is 1. The lowest BCUT2D eigenvalue weighted by molar-refractivity contribution is 0.102. The van der Waals surface area contributed by atoms with Crippen molar-refractivity contribution in [2.45, 2.75) is 11.8 Å². The van der Waals surface area contributed by atoms with Gasteiger partial charge in [0, 0.05) is 9.26 Å². The Kier molecular flexibility index (Phi) is 6.72. The predicted molar refractivity (Wildman–Crippen MR) is 126 cm³/mol. The van der Waals surface area contributed by atoms with E-state index in [0.29, 0.717) is 11.3 Å². The Morgan fingerprint density at radius 2 is 1.69 bits per heavy atom. The van der Waals surface area contributed by atoms with Gasteiger partial charge in [0.15, 0.2) is 0 Å². The molecule has 0 aliphatic heterocycles. The number of nitrogens with one attached hydrogen (secondary N) is 2. The topological polar surface area (TPSA) is 75.3 Å². The molecule has 9 heteroatoms. The van der Waals surface area contributed by atoms with E-state index >= 15 is 0 Å². The van der Waals surface area contributed by atoms with Crippen LogP contribution in [-0.2, 0) is 10.0 Å². The van der Waals surface area contributed by atoms with E-state index in [-0.39, 0.29) is 26.5 Å². The molecule has 3 rings (SSSR count). The molecule has 0 atom stereocenters. The molecule has 0 bridgehead atoms. The zero-order chi connectivity index (χ0) is 21.2. The predicted octanol–water partition coefficient (Wildman–Crippen LogP) is 5.96. The van der Waals surface area contributed by atoms with E-state index in [4.69, 9.17) is 23.2 Å². The number of aryl methyl sites for hydroxylation is 1.